The fourth-order valence-electron chi connectivity index (χ4n) is 7.93. The number of cyclic esters (lactones) is 1. The van der Waals surface area contributed by atoms with Crippen molar-refractivity contribution in [2.75, 3.05) is 46.6 Å². The van der Waals surface area contributed by atoms with E-state index in [1.807, 2.05) is 65.3 Å². The molecule has 2 saturated heterocycles. The number of hydrogen-bond donors (Lipinski definition) is 2. The summed E-state index contributed by atoms with van der Waals surface area (Å²) in [6.07, 6.45) is 3.73. The molecule has 14 heteroatoms. The van der Waals surface area contributed by atoms with Gasteiger partial charge >= 0.3 is 12.1 Å². The quantitative estimate of drug-likeness (QED) is 0.112. The van der Waals surface area contributed by atoms with Gasteiger partial charge in [-0.1, -0.05) is 38.1 Å². The monoisotopic (exact) mass is 721 g/mol. The van der Waals surface area contributed by atoms with Crippen molar-refractivity contribution in [2.45, 2.75) is 115 Å². The maximum absolute atomic E-state index is 13.9. The number of nitrogens with zero attached hydrogens (tertiary/aromatic N) is 5. The summed E-state index contributed by atoms with van der Waals surface area (Å²) >= 11 is 0. The van der Waals surface area contributed by atoms with Gasteiger partial charge in [-0.3, -0.25) is 19.2 Å². The maximum Gasteiger partial charge on any atom is 0.410 e. The molecule has 0 aliphatic carbocycles. The van der Waals surface area contributed by atoms with Gasteiger partial charge in [0.2, 0.25) is 0 Å². The Bertz CT molecular complexity index is 1520. The predicted octanol–water partition coefficient (Wildman–Crippen LogP) is 4.36. The van der Waals surface area contributed by atoms with Gasteiger partial charge in [0.1, 0.15) is 23.5 Å². The average molecular weight is 722 g/mol. The number of aryl methyl sites for hydroxylation is 1. The number of rotatable bonds is 11. The summed E-state index contributed by atoms with van der Waals surface area (Å²) in [7, 11) is 12.4. The molecule has 0 bridgehead atoms. The number of esters is 1. The summed E-state index contributed by atoms with van der Waals surface area (Å²) in [6, 6.07) is 6.84. The predicted molar refractivity (Wildman–Crippen MR) is 202 cm³/mol. The Balaban J connectivity index is 1.63. The van der Waals surface area contributed by atoms with Crippen LogP contribution in [0.15, 0.2) is 30.5 Å². The molecule has 2 fully saturated rings. The molecule has 4 rings (SSSR count). The lowest BCUT2D eigenvalue weighted by molar-refractivity contribution is -0.170. The summed E-state index contributed by atoms with van der Waals surface area (Å²) < 4.78 is 20.2. The highest BCUT2D eigenvalue weighted by Gasteiger charge is 2.59. The number of ketones is 1. The van der Waals surface area contributed by atoms with Crippen LogP contribution in [0.1, 0.15) is 73.6 Å². The zero-order valence-corrected chi connectivity index (χ0v) is 32.6. The largest absolute Gasteiger partial charge is 0.458 e. The second-order valence-corrected chi connectivity index (χ2v) is 15.6. The number of anilines is 1. The van der Waals surface area contributed by atoms with Crippen molar-refractivity contribution in [3.8, 4) is 11.3 Å². The number of carbonyl (C=O) groups excluding carboxylic acids is 3. The van der Waals surface area contributed by atoms with Gasteiger partial charge in [-0.25, -0.2) is 4.79 Å². The van der Waals surface area contributed by atoms with Gasteiger partial charge in [0.05, 0.1) is 25.7 Å². The first-order valence-corrected chi connectivity index (χ1v) is 18.7. The molecule has 0 unspecified atom stereocenters. The van der Waals surface area contributed by atoms with Crippen LogP contribution in [0, 0.1) is 17.8 Å². The Labute approximate surface area is 311 Å². The zero-order chi connectivity index (χ0) is 38.4. The van der Waals surface area contributed by atoms with E-state index >= 15 is 0 Å². The number of ether oxygens (including phenoxy) is 3. The molecule has 1 aromatic carbocycles. The van der Waals surface area contributed by atoms with Gasteiger partial charge in [0.15, 0.2) is 5.60 Å². The first-order valence-electron chi connectivity index (χ1n) is 18.7. The lowest BCUT2D eigenvalue weighted by atomic mass is 9.62. The third kappa shape index (κ3) is 9.35. The SMILES string of the molecule is [B][C@@H]1[C@@H](C)C(=O)[C@@H](C)C(=O)O[C@H](CC)[C@@]2(C)OC(=O)N(CCCCn3cc(-c4cccc(N)c4)nn3)[C@@H]2[C@@H](CCN(C)C)NC[C@H](C)C[C@@]1(C)OC. The van der Waals surface area contributed by atoms with Gasteiger partial charge < -0.3 is 30.2 Å². The maximum atomic E-state index is 13.9. The van der Waals surface area contributed by atoms with Crippen LogP contribution in [0.2, 0.25) is 5.82 Å². The highest BCUT2D eigenvalue weighted by molar-refractivity contribution is 6.15. The molecule has 2 aliphatic heterocycles. The fraction of sp³-hybridized carbons (Fsp3) is 0.711. The van der Waals surface area contributed by atoms with Crippen molar-refractivity contribution in [3.05, 3.63) is 30.5 Å². The van der Waals surface area contributed by atoms with Gasteiger partial charge in [0, 0.05) is 43.4 Å². The summed E-state index contributed by atoms with van der Waals surface area (Å²) in [5.74, 6) is -3.23. The molecule has 0 saturated carbocycles. The summed E-state index contributed by atoms with van der Waals surface area (Å²) in [5.41, 5.74) is 6.24. The smallest absolute Gasteiger partial charge is 0.410 e. The minimum atomic E-state index is -1.20. The second-order valence-electron chi connectivity index (χ2n) is 15.6. The molecule has 286 valence electrons. The number of methoxy groups -OCH3 is 1. The van der Waals surface area contributed by atoms with Crippen molar-refractivity contribution in [1.29, 1.82) is 0 Å². The average Bonchev–Trinajstić information content (AvgIpc) is 3.68. The van der Waals surface area contributed by atoms with E-state index in [1.54, 1.807) is 30.5 Å². The van der Waals surface area contributed by atoms with Crippen LogP contribution in [0.4, 0.5) is 10.5 Å². The third-order valence-electron chi connectivity index (χ3n) is 11.2. The van der Waals surface area contributed by atoms with Gasteiger partial charge in [-0.2, -0.15) is 0 Å². The number of nitrogens with two attached hydrogens (primary N) is 1. The highest BCUT2D eigenvalue weighted by Crippen LogP contribution is 2.41. The van der Waals surface area contributed by atoms with E-state index in [1.165, 1.54) is 0 Å². The van der Waals surface area contributed by atoms with Crippen molar-refractivity contribution >= 4 is 31.4 Å². The minimum absolute atomic E-state index is 0.0974. The molecule has 9 atom stereocenters. The molecule has 0 spiro atoms. The molecule has 3 heterocycles. The highest BCUT2D eigenvalue weighted by atomic mass is 16.6. The van der Waals surface area contributed by atoms with E-state index in [9.17, 15) is 14.4 Å². The standard InChI is InChI=1S/C38H60BN7O6/c1-10-31-38(6)34(46(36(49)52-38)18-12-11-17-45-23-30(42-43-45)27-14-13-15-28(40)20-27)29(16-19-44(7)8)41-22-24(2)21-37(5,50-9)33(39)25(3)32(47)26(4)35(48)51-31/h13-15,20,23-26,29,31,33-34,41H,10-12,16-19,21-22,40H2,1-9H3/t24-,25+,26-,29-,31-,33-,34-,37-,38-/m1/s1. The molecule has 1 amide bonds. The number of fused-ring (bicyclic) bond motifs is 1. The molecule has 52 heavy (non-hydrogen) atoms. The zero-order valence-electron chi connectivity index (χ0n) is 32.6. The Morgan fingerprint density at radius 3 is 2.50 bits per heavy atom. The van der Waals surface area contributed by atoms with Crippen LogP contribution in [0.25, 0.3) is 11.3 Å². The number of nitrogens with one attached hydrogen (secondary N) is 1. The Morgan fingerprint density at radius 2 is 1.85 bits per heavy atom. The molecule has 13 nitrogen and oxygen atoms in total. The normalized spacial score (nSPS) is 32.2. The van der Waals surface area contributed by atoms with E-state index in [0.717, 1.165) is 24.2 Å². The molecular formula is C38H60BN7O6. The molecule has 2 aliphatic rings. The fourth-order valence-corrected chi connectivity index (χ4v) is 7.93. The third-order valence-corrected chi connectivity index (χ3v) is 11.2. The second kappa shape index (κ2) is 17.6. The Kier molecular flexibility index (Phi) is 13.9. The molecule has 1 aromatic heterocycles. The number of benzene rings is 1. The molecule has 2 radical (unpaired) electrons. The number of aromatic nitrogens is 3. The van der Waals surface area contributed by atoms with Crippen LogP contribution in [0.3, 0.4) is 0 Å². The molecule has 3 N–H and O–H groups in total. The van der Waals surface area contributed by atoms with Crippen molar-refractivity contribution in [2.24, 2.45) is 17.8 Å². The Hall–Kier alpha value is -3.49. The van der Waals surface area contributed by atoms with E-state index in [2.05, 4.69) is 27.5 Å². The van der Waals surface area contributed by atoms with Crippen LogP contribution in [0.5, 0.6) is 0 Å². The minimum Gasteiger partial charge on any atom is -0.458 e. The topological polar surface area (TPSA) is 154 Å². The summed E-state index contributed by atoms with van der Waals surface area (Å²) in [5, 5.41) is 12.4. The van der Waals surface area contributed by atoms with Crippen molar-refractivity contribution < 1.29 is 28.6 Å². The summed E-state index contributed by atoms with van der Waals surface area (Å²) in [6.45, 7) is 13.5. The van der Waals surface area contributed by atoms with Crippen LogP contribution >= 0.6 is 0 Å². The Morgan fingerprint density at radius 1 is 1.13 bits per heavy atom. The van der Waals surface area contributed by atoms with Crippen molar-refractivity contribution in [1.82, 2.24) is 30.1 Å². The summed E-state index contributed by atoms with van der Waals surface area (Å²) in [4.78, 5) is 45.2. The van der Waals surface area contributed by atoms with Gasteiger partial charge in [-0.05, 0) is 104 Å². The molecular weight excluding hydrogens is 661 g/mol. The van der Waals surface area contributed by atoms with Crippen LogP contribution in [-0.2, 0) is 30.3 Å². The number of unbranched alkanes of at least 4 members (excludes halogenated alkanes) is 1. The van der Waals surface area contributed by atoms with Crippen LogP contribution < -0.4 is 11.1 Å². The van der Waals surface area contributed by atoms with Crippen molar-refractivity contribution in [3.63, 3.8) is 0 Å². The number of carbonyl (C=O) groups is 3. The van der Waals surface area contributed by atoms with E-state index in [4.69, 9.17) is 27.8 Å². The molecule has 2 aromatic rings. The van der Waals surface area contributed by atoms with Gasteiger partial charge in [0.25, 0.3) is 0 Å². The number of hydrogen-bond acceptors (Lipinski definition) is 11. The van der Waals surface area contributed by atoms with E-state index in [-0.39, 0.29) is 17.7 Å². The number of nitrogen functional groups attached to an aromatic ring is 1. The first kappa shape index (κ1) is 41.3. The first-order chi connectivity index (χ1) is 24.5. The number of Topliss-reactive ketones (excluding diaryl/α,β-unsaturated/α-hetero) is 1. The van der Waals surface area contributed by atoms with E-state index < -0.39 is 53.1 Å². The van der Waals surface area contributed by atoms with E-state index in [0.29, 0.717) is 51.0 Å². The van der Waals surface area contributed by atoms with Gasteiger partial charge in [-0.15, -0.1) is 5.10 Å². The van der Waals surface area contributed by atoms with Crippen LogP contribution in [-0.4, -0.2) is 121 Å². The lowest BCUT2D eigenvalue weighted by Crippen LogP contribution is -2.62. The number of amides is 1. The lowest BCUT2D eigenvalue weighted by Gasteiger charge is -2.42.